The van der Waals surface area contributed by atoms with Crippen LogP contribution in [-0.4, -0.2) is 21.0 Å². The van der Waals surface area contributed by atoms with Crippen molar-refractivity contribution in [3.05, 3.63) is 71.1 Å². The van der Waals surface area contributed by atoms with Crippen molar-refractivity contribution in [2.24, 2.45) is 0 Å². The molecule has 5 nitrogen and oxygen atoms in total. The molecule has 0 heterocycles. The SMILES string of the molecule is CCCOC(=O)c1ccc(NS(=O)(=O)/C=C/c2ccccc2)cc1. The van der Waals surface area contributed by atoms with E-state index in [4.69, 9.17) is 4.74 Å². The first kappa shape index (κ1) is 17.7. The van der Waals surface area contributed by atoms with E-state index in [1.807, 2.05) is 37.3 Å². The Morgan fingerprint density at radius 1 is 1.08 bits per heavy atom. The molecule has 0 aliphatic heterocycles. The molecule has 0 radical (unpaired) electrons. The minimum Gasteiger partial charge on any atom is -0.462 e. The fourth-order valence-electron chi connectivity index (χ4n) is 1.88. The summed E-state index contributed by atoms with van der Waals surface area (Å²) in [5, 5.41) is 1.10. The van der Waals surface area contributed by atoms with Crippen LogP contribution in [0.3, 0.4) is 0 Å². The molecule has 0 aliphatic rings. The number of sulfonamides is 1. The van der Waals surface area contributed by atoms with Gasteiger partial charge in [0.05, 0.1) is 17.6 Å². The van der Waals surface area contributed by atoms with Crippen molar-refractivity contribution >= 4 is 27.8 Å². The summed E-state index contributed by atoms with van der Waals surface area (Å²) in [5.41, 5.74) is 1.54. The van der Waals surface area contributed by atoms with E-state index in [9.17, 15) is 13.2 Å². The monoisotopic (exact) mass is 345 g/mol. The zero-order valence-electron chi connectivity index (χ0n) is 13.3. The number of rotatable bonds is 7. The summed E-state index contributed by atoms with van der Waals surface area (Å²) in [7, 11) is -3.63. The highest BCUT2D eigenvalue weighted by Crippen LogP contribution is 2.13. The highest BCUT2D eigenvalue weighted by atomic mass is 32.2. The van der Waals surface area contributed by atoms with Gasteiger partial charge in [-0.2, -0.15) is 0 Å². The number of hydrogen-bond donors (Lipinski definition) is 1. The molecule has 0 fully saturated rings. The van der Waals surface area contributed by atoms with Crippen molar-refractivity contribution in [2.75, 3.05) is 11.3 Å². The Bertz CT molecular complexity index is 797. The van der Waals surface area contributed by atoms with Crippen LogP contribution in [0, 0.1) is 0 Å². The maximum atomic E-state index is 12.0. The first-order valence-electron chi connectivity index (χ1n) is 7.53. The highest BCUT2D eigenvalue weighted by molar-refractivity contribution is 7.95. The Kier molecular flexibility index (Phi) is 6.14. The van der Waals surface area contributed by atoms with E-state index in [1.54, 1.807) is 0 Å². The maximum Gasteiger partial charge on any atom is 0.338 e. The molecule has 24 heavy (non-hydrogen) atoms. The number of carbonyl (C=O) groups excluding carboxylic acids is 1. The summed E-state index contributed by atoms with van der Waals surface area (Å²) >= 11 is 0. The van der Waals surface area contributed by atoms with Crippen molar-refractivity contribution in [3.63, 3.8) is 0 Å². The second-order valence-corrected chi connectivity index (χ2v) is 6.64. The number of nitrogens with one attached hydrogen (secondary N) is 1. The van der Waals surface area contributed by atoms with Gasteiger partial charge in [-0.25, -0.2) is 13.2 Å². The van der Waals surface area contributed by atoms with Gasteiger partial charge in [-0.15, -0.1) is 0 Å². The third kappa shape index (κ3) is 5.55. The molecule has 6 heteroatoms. The average Bonchev–Trinajstić information content (AvgIpc) is 2.59. The lowest BCUT2D eigenvalue weighted by Crippen LogP contribution is -2.10. The summed E-state index contributed by atoms with van der Waals surface area (Å²) in [6.45, 7) is 2.27. The molecule has 0 spiro atoms. The fraction of sp³-hybridized carbons (Fsp3) is 0.167. The van der Waals surface area contributed by atoms with E-state index >= 15 is 0 Å². The van der Waals surface area contributed by atoms with Crippen LogP contribution >= 0.6 is 0 Å². The first-order valence-corrected chi connectivity index (χ1v) is 9.08. The van der Waals surface area contributed by atoms with E-state index < -0.39 is 16.0 Å². The number of ether oxygens (including phenoxy) is 1. The molecule has 2 aromatic rings. The van der Waals surface area contributed by atoms with E-state index in [1.165, 1.54) is 30.3 Å². The molecule has 2 rings (SSSR count). The van der Waals surface area contributed by atoms with Gasteiger partial charge in [0.25, 0.3) is 10.0 Å². The van der Waals surface area contributed by atoms with Crippen LogP contribution in [0.1, 0.15) is 29.3 Å². The van der Waals surface area contributed by atoms with Gasteiger partial charge in [0.1, 0.15) is 0 Å². The zero-order chi connectivity index (χ0) is 17.4. The molecule has 0 saturated heterocycles. The Balaban J connectivity index is 2.02. The van der Waals surface area contributed by atoms with Gasteiger partial charge in [-0.05, 0) is 42.3 Å². The number of benzene rings is 2. The van der Waals surface area contributed by atoms with Gasteiger partial charge in [0.2, 0.25) is 0 Å². The Morgan fingerprint density at radius 2 is 1.75 bits per heavy atom. The van der Waals surface area contributed by atoms with Crippen LogP contribution in [-0.2, 0) is 14.8 Å². The fourth-order valence-corrected chi connectivity index (χ4v) is 2.75. The molecule has 0 saturated carbocycles. The van der Waals surface area contributed by atoms with Crippen LogP contribution < -0.4 is 4.72 Å². The van der Waals surface area contributed by atoms with Crippen LogP contribution in [0.5, 0.6) is 0 Å². The lowest BCUT2D eigenvalue weighted by Gasteiger charge is -2.06. The molecular weight excluding hydrogens is 326 g/mol. The molecule has 0 aliphatic carbocycles. The molecular formula is C18H19NO4S. The Hall–Kier alpha value is -2.60. The number of carbonyl (C=O) groups is 1. The van der Waals surface area contributed by atoms with Gasteiger partial charge < -0.3 is 4.74 Å². The smallest absolute Gasteiger partial charge is 0.338 e. The summed E-state index contributed by atoms with van der Waals surface area (Å²) in [4.78, 5) is 11.7. The maximum absolute atomic E-state index is 12.0. The summed E-state index contributed by atoms with van der Waals surface area (Å²) < 4.78 is 31.5. The third-order valence-electron chi connectivity index (χ3n) is 3.06. The van der Waals surface area contributed by atoms with E-state index in [0.717, 1.165) is 17.4 Å². The second kappa shape index (κ2) is 8.31. The third-order valence-corrected chi connectivity index (χ3v) is 4.07. The average molecular weight is 345 g/mol. The lowest BCUT2D eigenvalue weighted by molar-refractivity contribution is 0.0505. The van der Waals surface area contributed by atoms with E-state index in [2.05, 4.69) is 4.72 Å². The minimum absolute atomic E-state index is 0.359. The van der Waals surface area contributed by atoms with Crippen molar-refractivity contribution in [2.45, 2.75) is 13.3 Å². The normalized spacial score (nSPS) is 11.4. The van der Waals surface area contributed by atoms with Crippen LogP contribution in [0.15, 0.2) is 60.0 Å². The topological polar surface area (TPSA) is 72.5 Å². The molecule has 0 amide bonds. The summed E-state index contributed by atoms with van der Waals surface area (Å²) in [5.74, 6) is -0.421. The van der Waals surface area contributed by atoms with Crippen molar-refractivity contribution < 1.29 is 17.9 Å². The van der Waals surface area contributed by atoms with Crippen molar-refractivity contribution in [1.29, 1.82) is 0 Å². The summed E-state index contributed by atoms with van der Waals surface area (Å²) in [6, 6.07) is 15.2. The second-order valence-electron chi connectivity index (χ2n) is 5.07. The number of esters is 1. The molecule has 0 bridgehead atoms. The van der Waals surface area contributed by atoms with Crippen LogP contribution in [0.25, 0.3) is 6.08 Å². The first-order chi connectivity index (χ1) is 11.5. The molecule has 2 aromatic carbocycles. The molecule has 1 N–H and O–H groups in total. The Morgan fingerprint density at radius 3 is 2.38 bits per heavy atom. The van der Waals surface area contributed by atoms with Gasteiger partial charge in [-0.1, -0.05) is 37.3 Å². The standard InChI is InChI=1S/C18H19NO4S/c1-2-13-23-18(20)16-8-10-17(11-9-16)19-24(21,22)14-12-15-6-4-3-5-7-15/h3-12,14,19H,2,13H2,1H3/b14-12+. The largest absolute Gasteiger partial charge is 0.462 e. The van der Waals surface area contributed by atoms with Crippen LogP contribution in [0.2, 0.25) is 0 Å². The van der Waals surface area contributed by atoms with Gasteiger partial charge in [0.15, 0.2) is 0 Å². The minimum atomic E-state index is -3.63. The van der Waals surface area contributed by atoms with Crippen LogP contribution in [0.4, 0.5) is 5.69 Å². The number of anilines is 1. The quantitative estimate of drug-likeness (QED) is 0.777. The van der Waals surface area contributed by atoms with Gasteiger partial charge in [-0.3, -0.25) is 4.72 Å². The predicted molar refractivity (Wildman–Crippen MR) is 95.0 cm³/mol. The van der Waals surface area contributed by atoms with E-state index in [-0.39, 0.29) is 0 Å². The van der Waals surface area contributed by atoms with Crippen molar-refractivity contribution in [3.8, 4) is 0 Å². The highest BCUT2D eigenvalue weighted by Gasteiger charge is 2.09. The Labute approximate surface area is 142 Å². The molecule has 0 aromatic heterocycles. The number of hydrogen-bond acceptors (Lipinski definition) is 4. The van der Waals surface area contributed by atoms with E-state index in [0.29, 0.717) is 17.9 Å². The molecule has 126 valence electrons. The summed E-state index contributed by atoms with van der Waals surface area (Å²) in [6.07, 6.45) is 2.26. The van der Waals surface area contributed by atoms with Crippen molar-refractivity contribution in [1.82, 2.24) is 0 Å². The predicted octanol–water partition coefficient (Wildman–Crippen LogP) is 3.67. The lowest BCUT2D eigenvalue weighted by atomic mass is 10.2. The zero-order valence-corrected chi connectivity index (χ0v) is 14.1. The molecule has 0 unspecified atom stereocenters. The molecule has 0 atom stereocenters. The van der Waals surface area contributed by atoms with Gasteiger partial charge >= 0.3 is 5.97 Å². The van der Waals surface area contributed by atoms with Gasteiger partial charge in [0, 0.05) is 5.69 Å².